The molecule has 1 aromatic carbocycles. The van der Waals surface area contributed by atoms with Gasteiger partial charge in [-0.15, -0.1) is 0 Å². The van der Waals surface area contributed by atoms with E-state index in [1.54, 1.807) is 6.92 Å². The molecule has 6 nitrogen and oxygen atoms in total. The molecule has 1 rings (SSSR count). The Labute approximate surface area is 91.6 Å². The molecule has 6 heteroatoms. The molecule has 0 amide bonds. The summed E-state index contributed by atoms with van der Waals surface area (Å²) in [5.74, 6) is -1.16. The van der Waals surface area contributed by atoms with Crippen molar-refractivity contribution >= 4 is 11.7 Å². The van der Waals surface area contributed by atoms with Gasteiger partial charge in [0.15, 0.2) is 6.10 Å². The fourth-order valence-electron chi connectivity index (χ4n) is 1.28. The average Bonchev–Trinajstić information content (AvgIpc) is 2.25. The van der Waals surface area contributed by atoms with Crippen LogP contribution in [0.2, 0.25) is 0 Å². The van der Waals surface area contributed by atoms with Gasteiger partial charge >= 0.3 is 5.97 Å². The maximum atomic E-state index is 10.9. The molecule has 0 aliphatic rings. The third-order valence-electron chi connectivity index (χ3n) is 1.94. The zero-order valence-corrected chi connectivity index (χ0v) is 8.62. The zero-order chi connectivity index (χ0) is 12.1. The van der Waals surface area contributed by atoms with Crippen LogP contribution in [0.15, 0.2) is 24.3 Å². The van der Waals surface area contributed by atoms with Crippen molar-refractivity contribution in [2.24, 2.45) is 0 Å². The summed E-state index contributed by atoms with van der Waals surface area (Å²) in [4.78, 5) is 20.8. The van der Waals surface area contributed by atoms with Crippen LogP contribution in [-0.2, 0) is 9.53 Å². The van der Waals surface area contributed by atoms with Gasteiger partial charge in [0.1, 0.15) is 0 Å². The number of non-ortho nitro benzene ring substituents is 1. The number of nitro benzene ring substituents is 1. The molecule has 0 unspecified atom stereocenters. The number of aliphatic carboxylic acids is 1. The monoisotopic (exact) mass is 225 g/mol. The maximum Gasteiger partial charge on any atom is 0.337 e. The number of carboxylic acids is 1. The van der Waals surface area contributed by atoms with Crippen molar-refractivity contribution < 1.29 is 19.6 Å². The van der Waals surface area contributed by atoms with Crippen LogP contribution in [0.5, 0.6) is 0 Å². The van der Waals surface area contributed by atoms with Crippen LogP contribution < -0.4 is 0 Å². The fourth-order valence-corrected chi connectivity index (χ4v) is 1.28. The Morgan fingerprint density at radius 2 is 2.31 bits per heavy atom. The maximum absolute atomic E-state index is 10.9. The largest absolute Gasteiger partial charge is 0.479 e. The number of rotatable bonds is 5. The smallest absolute Gasteiger partial charge is 0.337 e. The van der Waals surface area contributed by atoms with Crippen molar-refractivity contribution in [1.29, 1.82) is 0 Å². The first kappa shape index (κ1) is 12.1. The molecule has 0 fully saturated rings. The Balaban J connectivity index is 3.04. The second-order valence-electron chi connectivity index (χ2n) is 3.03. The van der Waals surface area contributed by atoms with Gasteiger partial charge in [-0.2, -0.15) is 0 Å². The summed E-state index contributed by atoms with van der Waals surface area (Å²) < 4.78 is 5.00. The lowest BCUT2D eigenvalue weighted by molar-refractivity contribution is -0.385. The van der Waals surface area contributed by atoms with E-state index in [1.807, 2.05) is 0 Å². The van der Waals surface area contributed by atoms with Crippen LogP contribution in [0.1, 0.15) is 18.6 Å². The standard InChI is InChI=1S/C10H11NO5/c1-2-16-9(10(12)13)7-4-3-5-8(6-7)11(14)15/h3-6,9H,2H2,1H3,(H,12,13)/t9-/m0/s1. The van der Waals surface area contributed by atoms with Crippen LogP contribution in [0.4, 0.5) is 5.69 Å². The molecule has 16 heavy (non-hydrogen) atoms. The van der Waals surface area contributed by atoms with Gasteiger partial charge in [0.25, 0.3) is 5.69 Å². The van der Waals surface area contributed by atoms with Crippen LogP contribution in [0, 0.1) is 10.1 Å². The first-order valence-electron chi connectivity index (χ1n) is 4.65. The van der Waals surface area contributed by atoms with E-state index in [2.05, 4.69) is 0 Å². The minimum atomic E-state index is -1.16. The molecule has 1 N–H and O–H groups in total. The zero-order valence-electron chi connectivity index (χ0n) is 8.62. The molecule has 0 saturated carbocycles. The third-order valence-corrected chi connectivity index (χ3v) is 1.94. The van der Waals surface area contributed by atoms with E-state index in [1.165, 1.54) is 24.3 Å². The topological polar surface area (TPSA) is 89.7 Å². The minimum Gasteiger partial charge on any atom is -0.479 e. The molecule has 0 saturated heterocycles. The molecule has 1 atom stereocenters. The van der Waals surface area contributed by atoms with E-state index in [-0.39, 0.29) is 17.9 Å². The molecule has 0 aliphatic carbocycles. The molecule has 0 aromatic heterocycles. The van der Waals surface area contributed by atoms with E-state index in [9.17, 15) is 14.9 Å². The summed E-state index contributed by atoms with van der Waals surface area (Å²) in [7, 11) is 0. The Hall–Kier alpha value is -1.95. The number of carboxylic acid groups (broad SMARTS) is 1. The molecular weight excluding hydrogens is 214 g/mol. The number of carbonyl (C=O) groups is 1. The van der Waals surface area contributed by atoms with E-state index in [0.29, 0.717) is 0 Å². The van der Waals surface area contributed by atoms with Gasteiger partial charge in [-0.25, -0.2) is 4.79 Å². The molecule has 1 aromatic rings. The molecule has 0 heterocycles. The Morgan fingerprint density at radius 1 is 1.62 bits per heavy atom. The lowest BCUT2D eigenvalue weighted by atomic mass is 10.1. The Kier molecular flexibility index (Phi) is 3.96. The van der Waals surface area contributed by atoms with E-state index in [4.69, 9.17) is 9.84 Å². The molecule has 0 aliphatic heterocycles. The first-order chi connectivity index (χ1) is 7.56. The number of hydrogen-bond donors (Lipinski definition) is 1. The first-order valence-corrected chi connectivity index (χ1v) is 4.65. The Morgan fingerprint density at radius 3 is 2.81 bits per heavy atom. The fraction of sp³-hybridized carbons (Fsp3) is 0.300. The van der Waals surface area contributed by atoms with E-state index >= 15 is 0 Å². The highest BCUT2D eigenvalue weighted by molar-refractivity contribution is 5.74. The number of nitro groups is 1. The van der Waals surface area contributed by atoms with Gasteiger partial charge in [0, 0.05) is 18.7 Å². The van der Waals surface area contributed by atoms with Gasteiger partial charge in [-0.05, 0) is 12.5 Å². The summed E-state index contributed by atoms with van der Waals surface area (Å²) in [6, 6.07) is 5.42. The van der Waals surface area contributed by atoms with Gasteiger partial charge < -0.3 is 9.84 Å². The molecular formula is C10H11NO5. The van der Waals surface area contributed by atoms with Gasteiger partial charge in [-0.3, -0.25) is 10.1 Å². The normalized spacial score (nSPS) is 12.1. The molecule has 0 spiro atoms. The predicted molar refractivity (Wildman–Crippen MR) is 55.1 cm³/mol. The number of nitrogens with zero attached hydrogens (tertiary/aromatic N) is 1. The van der Waals surface area contributed by atoms with Gasteiger partial charge in [0.05, 0.1) is 4.92 Å². The van der Waals surface area contributed by atoms with Crippen LogP contribution in [0.3, 0.4) is 0 Å². The predicted octanol–water partition coefficient (Wildman–Crippen LogP) is 1.76. The summed E-state index contributed by atoms with van der Waals surface area (Å²) in [6.45, 7) is 1.88. The second kappa shape index (κ2) is 5.22. The van der Waals surface area contributed by atoms with Gasteiger partial charge in [-0.1, -0.05) is 12.1 Å². The minimum absolute atomic E-state index is 0.150. The van der Waals surface area contributed by atoms with Crippen molar-refractivity contribution in [1.82, 2.24) is 0 Å². The van der Waals surface area contributed by atoms with E-state index in [0.717, 1.165) is 0 Å². The SMILES string of the molecule is CCO[C@H](C(=O)O)c1cccc([N+](=O)[O-])c1. The summed E-state index contributed by atoms with van der Waals surface area (Å²) >= 11 is 0. The highest BCUT2D eigenvalue weighted by Crippen LogP contribution is 2.22. The van der Waals surface area contributed by atoms with Crippen molar-refractivity contribution in [3.05, 3.63) is 39.9 Å². The second-order valence-corrected chi connectivity index (χ2v) is 3.03. The van der Waals surface area contributed by atoms with Crippen molar-refractivity contribution in [2.45, 2.75) is 13.0 Å². The lowest BCUT2D eigenvalue weighted by Gasteiger charge is -2.11. The molecule has 0 radical (unpaired) electrons. The summed E-state index contributed by atoms with van der Waals surface area (Å²) in [6.07, 6.45) is -1.16. The highest BCUT2D eigenvalue weighted by atomic mass is 16.6. The van der Waals surface area contributed by atoms with Crippen molar-refractivity contribution in [2.75, 3.05) is 6.61 Å². The summed E-state index contributed by atoms with van der Waals surface area (Å²) in [5, 5.41) is 19.4. The van der Waals surface area contributed by atoms with Crippen LogP contribution in [-0.4, -0.2) is 22.6 Å². The number of benzene rings is 1. The Bertz CT molecular complexity index is 404. The number of ether oxygens (including phenoxy) is 1. The van der Waals surface area contributed by atoms with Crippen molar-refractivity contribution in [3.8, 4) is 0 Å². The van der Waals surface area contributed by atoms with Crippen molar-refractivity contribution in [3.63, 3.8) is 0 Å². The van der Waals surface area contributed by atoms with E-state index < -0.39 is 17.0 Å². The average molecular weight is 225 g/mol. The molecule has 86 valence electrons. The summed E-state index contributed by atoms with van der Waals surface area (Å²) in [5.41, 5.74) is 0.118. The van der Waals surface area contributed by atoms with Crippen LogP contribution in [0.25, 0.3) is 0 Å². The number of hydrogen-bond acceptors (Lipinski definition) is 4. The van der Waals surface area contributed by atoms with Crippen LogP contribution >= 0.6 is 0 Å². The third kappa shape index (κ3) is 2.77. The highest BCUT2D eigenvalue weighted by Gasteiger charge is 2.21. The van der Waals surface area contributed by atoms with Gasteiger partial charge in [0.2, 0.25) is 0 Å². The quantitative estimate of drug-likeness (QED) is 0.609. The lowest BCUT2D eigenvalue weighted by Crippen LogP contribution is -2.15. The molecule has 0 bridgehead atoms.